The molecule has 0 fully saturated rings. The van der Waals surface area contributed by atoms with Gasteiger partial charge in [0.25, 0.3) is 0 Å². The average Bonchev–Trinajstić information content (AvgIpc) is 3.14. The maximum absolute atomic E-state index is 13.2. The van der Waals surface area contributed by atoms with E-state index >= 15 is 0 Å². The molecule has 0 unspecified atom stereocenters. The minimum absolute atomic E-state index is 0.107. The highest BCUT2D eigenvalue weighted by Gasteiger charge is 2.35. The van der Waals surface area contributed by atoms with E-state index in [-0.39, 0.29) is 24.7 Å². The first-order valence-electron chi connectivity index (χ1n) is 11.5. The fourth-order valence-electron chi connectivity index (χ4n) is 4.47. The van der Waals surface area contributed by atoms with Crippen LogP contribution in [0.15, 0.2) is 66.7 Å². The van der Waals surface area contributed by atoms with Gasteiger partial charge in [-0.3, -0.25) is 9.59 Å². The number of ether oxygens (including phenoxy) is 1. The van der Waals surface area contributed by atoms with Crippen LogP contribution in [-0.4, -0.2) is 40.6 Å². The summed E-state index contributed by atoms with van der Waals surface area (Å²) < 4.78 is 19.4. The topological polar surface area (TPSA) is 66.8 Å². The molecule has 0 aliphatic carbocycles. The molecule has 0 spiro atoms. The van der Waals surface area contributed by atoms with E-state index in [2.05, 4.69) is 0 Å². The number of carboxylic acid groups (broad SMARTS) is 1. The van der Waals surface area contributed by atoms with Crippen molar-refractivity contribution in [2.24, 2.45) is 0 Å². The van der Waals surface area contributed by atoms with Crippen LogP contribution in [0.25, 0.3) is 0 Å². The maximum Gasteiger partial charge on any atom is 0.323 e. The van der Waals surface area contributed by atoms with Crippen molar-refractivity contribution < 1.29 is 23.8 Å². The number of carbonyl (C=O) groups is 2. The van der Waals surface area contributed by atoms with Gasteiger partial charge >= 0.3 is 5.97 Å². The van der Waals surface area contributed by atoms with E-state index in [1.165, 1.54) is 17.0 Å². The molecule has 1 atom stereocenters. The SMILES string of the molecule is C[C@]1(Cc2ccc(F)cc2)Cc2cc(CC(=O)N(CCc3ccc(Cl)cc3)CC(=O)O)ccc2O1. The Labute approximate surface area is 209 Å². The summed E-state index contributed by atoms with van der Waals surface area (Å²) in [4.78, 5) is 25.7. The molecule has 0 saturated heterocycles. The lowest BCUT2D eigenvalue weighted by Gasteiger charge is -2.24. The number of fused-ring (bicyclic) bond motifs is 1. The number of benzene rings is 3. The number of carbonyl (C=O) groups excluding carboxylic acids is 1. The highest BCUT2D eigenvalue weighted by Crippen LogP contribution is 2.37. The van der Waals surface area contributed by atoms with Gasteiger partial charge in [0.15, 0.2) is 0 Å². The number of nitrogens with zero attached hydrogens (tertiary/aromatic N) is 1. The summed E-state index contributed by atoms with van der Waals surface area (Å²) in [6.45, 7) is 1.97. The molecule has 0 radical (unpaired) electrons. The molecule has 1 heterocycles. The smallest absolute Gasteiger partial charge is 0.323 e. The molecule has 35 heavy (non-hydrogen) atoms. The van der Waals surface area contributed by atoms with Gasteiger partial charge in [-0.05, 0) is 65.9 Å². The number of carboxylic acids is 1. The zero-order valence-corrected chi connectivity index (χ0v) is 20.2. The van der Waals surface area contributed by atoms with Gasteiger partial charge in [-0.15, -0.1) is 0 Å². The van der Waals surface area contributed by atoms with Gasteiger partial charge in [-0.2, -0.15) is 0 Å². The normalized spacial score (nSPS) is 16.4. The molecule has 3 aromatic rings. The summed E-state index contributed by atoms with van der Waals surface area (Å²) in [5.74, 6) is -0.785. The van der Waals surface area contributed by atoms with Crippen molar-refractivity contribution >= 4 is 23.5 Å². The zero-order valence-electron chi connectivity index (χ0n) is 19.5. The van der Waals surface area contributed by atoms with Crippen molar-refractivity contribution in [2.45, 2.75) is 38.2 Å². The Morgan fingerprint density at radius 1 is 1.03 bits per heavy atom. The number of amides is 1. The number of halogens is 2. The van der Waals surface area contributed by atoms with Gasteiger partial charge in [0.1, 0.15) is 23.7 Å². The molecular weight excluding hydrogens is 469 g/mol. The summed E-state index contributed by atoms with van der Waals surface area (Å²) >= 11 is 5.92. The zero-order chi connectivity index (χ0) is 25.0. The van der Waals surface area contributed by atoms with Gasteiger partial charge < -0.3 is 14.7 Å². The number of hydrogen-bond donors (Lipinski definition) is 1. The van der Waals surface area contributed by atoms with Gasteiger partial charge in [-0.1, -0.05) is 48.0 Å². The highest BCUT2D eigenvalue weighted by molar-refractivity contribution is 6.30. The molecule has 7 heteroatoms. The van der Waals surface area contributed by atoms with Crippen LogP contribution in [0.2, 0.25) is 5.02 Å². The predicted octanol–water partition coefficient (Wildman–Crippen LogP) is 5.11. The molecule has 0 aromatic heterocycles. The summed E-state index contributed by atoms with van der Waals surface area (Å²) in [5.41, 5.74) is 3.32. The van der Waals surface area contributed by atoms with E-state index < -0.39 is 11.6 Å². The molecule has 1 amide bonds. The molecule has 1 aliphatic rings. The second-order valence-electron chi connectivity index (χ2n) is 9.24. The van der Waals surface area contributed by atoms with E-state index in [1.54, 1.807) is 24.3 Å². The first kappa shape index (κ1) is 24.7. The quantitative estimate of drug-likeness (QED) is 0.448. The van der Waals surface area contributed by atoms with Crippen molar-refractivity contribution in [3.63, 3.8) is 0 Å². The van der Waals surface area contributed by atoms with Crippen LogP contribution in [0.4, 0.5) is 4.39 Å². The fourth-order valence-corrected chi connectivity index (χ4v) is 4.60. The molecule has 0 saturated carbocycles. The first-order valence-corrected chi connectivity index (χ1v) is 11.9. The third-order valence-electron chi connectivity index (χ3n) is 6.15. The first-order chi connectivity index (χ1) is 16.7. The molecule has 3 aromatic carbocycles. The molecule has 182 valence electrons. The Hall–Kier alpha value is -3.38. The Morgan fingerprint density at radius 2 is 1.69 bits per heavy atom. The van der Waals surface area contributed by atoms with E-state index in [0.717, 1.165) is 28.0 Å². The van der Waals surface area contributed by atoms with Crippen molar-refractivity contribution in [3.05, 3.63) is 99.8 Å². The van der Waals surface area contributed by atoms with Crippen LogP contribution in [0, 0.1) is 5.82 Å². The van der Waals surface area contributed by atoms with E-state index in [0.29, 0.717) is 30.8 Å². The minimum Gasteiger partial charge on any atom is -0.487 e. The summed E-state index contributed by atoms with van der Waals surface area (Å²) in [7, 11) is 0. The number of rotatable bonds is 9. The number of aliphatic carboxylic acids is 1. The highest BCUT2D eigenvalue weighted by atomic mass is 35.5. The third kappa shape index (κ3) is 6.61. The van der Waals surface area contributed by atoms with Gasteiger partial charge in [0.05, 0.1) is 6.42 Å². The molecule has 1 N–H and O–H groups in total. The van der Waals surface area contributed by atoms with Crippen molar-refractivity contribution in [1.29, 1.82) is 0 Å². The monoisotopic (exact) mass is 495 g/mol. The van der Waals surface area contributed by atoms with E-state index in [9.17, 15) is 19.1 Å². The van der Waals surface area contributed by atoms with Gasteiger partial charge in [0, 0.05) is 24.4 Å². The maximum atomic E-state index is 13.2. The van der Waals surface area contributed by atoms with Crippen molar-refractivity contribution in [1.82, 2.24) is 4.90 Å². The standard InChI is InChI=1S/C28H27ClFNO4/c1-28(16-20-4-9-24(30)10-5-20)17-22-14-21(6-11-25(22)35-28)15-26(32)31(18-27(33)34)13-12-19-2-7-23(29)8-3-19/h2-11,14H,12-13,15-18H2,1H3,(H,33,34)/t28-/m0/s1. The molecule has 0 bridgehead atoms. The largest absolute Gasteiger partial charge is 0.487 e. The van der Waals surface area contributed by atoms with Crippen LogP contribution in [0.3, 0.4) is 0 Å². The third-order valence-corrected chi connectivity index (χ3v) is 6.41. The number of hydrogen-bond acceptors (Lipinski definition) is 3. The molecular formula is C28H27ClFNO4. The van der Waals surface area contributed by atoms with E-state index in [4.69, 9.17) is 16.3 Å². The van der Waals surface area contributed by atoms with Gasteiger partial charge in [0.2, 0.25) is 5.91 Å². The van der Waals surface area contributed by atoms with Crippen LogP contribution in [0.1, 0.15) is 29.2 Å². The Bertz CT molecular complexity index is 1210. The second-order valence-corrected chi connectivity index (χ2v) is 9.67. The minimum atomic E-state index is -1.05. The lowest BCUT2D eigenvalue weighted by Crippen LogP contribution is -2.38. The summed E-state index contributed by atoms with van der Waals surface area (Å²) in [6, 6.07) is 19.4. The molecule has 1 aliphatic heterocycles. The Kier molecular flexibility index (Phi) is 7.41. The predicted molar refractivity (Wildman–Crippen MR) is 132 cm³/mol. The fraction of sp³-hybridized carbons (Fsp3) is 0.286. The lowest BCUT2D eigenvalue weighted by atomic mass is 9.91. The Morgan fingerprint density at radius 3 is 2.37 bits per heavy atom. The van der Waals surface area contributed by atoms with Crippen LogP contribution < -0.4 is 4.74 Å². The molecule has 4 rings (SSSR count). The second kappa shape index (κ2) is 10.5. The van der Waals surface area contributed by atoms with E-state index in [1.807, 2.05) is 37.3 Å². The van der Waals surface area contributed by atoms with Crippen LogP contribution in [-0.2, 0) is 35.3 Å². The van der Waals surface area contributed by atoms with Crippen molar-refractivity contribution in [3.8, 4) is 5.75 Å². The summed E-state index contributed by atoms with van der Waals surface area (Å²) in [6.07, 6.45) is 1.94. The van der Waals surface area contributed by atoms with Gasteiger partial charge in [-0.25, -0.2) is 4.39 Å². The molecule has 5 nitrogen and oxygen atoms in total. The average molecular weight is 496 g/mol. The lowest BCUT2D eigenvalue weighted by molar-refractivity contribution is -0.144. The van der Waals surface area contributed by atoms with Crippen molar-refractivity contribution in [2.75, 3.05) is 13.1 Å². The van der Waals surface area contributed by atoms with Crippen LogP contribution >= 0.6 is 11.6 Å². The van der Waals surface area contributed by atoms with Crippen LogP contribution in [0.5, 0.6) is 5.75 Å². The Balaban J connectivity index is 1.40. The summed E-state index contributed by atoms with van der Waals surface area (Å²) in [5, 5.41) is 9.93.